The van der Waals surface area contributed by atoms with Gasteiger partial charge in [0, 0.05) is 10.6 Å². The van der Waals surface area contributed by atoms with Crippen molar-refractivity contribution in [2.75, 3.05) is 31.1 Å². The van der Waals surface area contributed by atoms with Crippen LogP contribution in [0.15, 0.2) is 54.6 Å². The maximum Gasteiger partial charge on any atom is 0.292 e. The summed E-state index contributed by atoms with van der Waals surface area (Å²) >= 11 is 6.03. The summed E-state index contributed by atoms with van der Waals surface area (Å²) in [4.78, 5) is 29.5. The Morgan fingerprint density at radius 3 is 2.41 bits per heavy atom. The lowest BCUT2D eigenvalue weighted by Crippen LogP contribution is -3.29. The third kappa shape index (κ3) is 3.90. The number of anilines is 1. The van der Waals surface area contributed by atoms with Crippen LogP contribution in [0.5, 0.6) is 0 Å². The molecule has 4 rings (SSSR count). The van der Waals surface area contributed by atoms with E-state index in [2.05, 4.69) is 24.3 Å². The molecule has 2 N–H and O–H groups in total. The number of carbonyl (C=O) groups is 2. The molecule has 1 atom stereocenters. The Bertz CT molecular complexity index is 834. The van der Waals surface area contributed by atoms with E-state index in [4.69, 9.17) is 11.6 Å². The zero-order chi connectivity index (χ0) is 18.8. The van der Waals surface area contributed by atoms with Crippen molar-refractivity contribution in [2.24, 2.45) is 0 Å². The molecule has 2 aromatic carbocycles. The van der Waals surface area contributed by atoms with Crippen molar-refractivity contribution in [2.45, 2.75) is 19.0 Å². The van der Waals surface area contributed by atoms with Gasteiger partial charge in [-0.25, -0.2) is 4.90 Å². The van der Waals surface area contributed by atoms with Gasteiger partial charge in [-0.15, -0.1) is 0 Å². The summed E-state index contributed by atoms with van der Waals surface area (Å²) in [5, 5.41) is 0.530. The highest BCUT2D eigenvalue weighted by Crippen LogP contribution is 2.24. The zero-order valence-corrected chi connectivity index (χ0v) is 15.9. The summed E-state index contributed by atoms with van der Waals surface area (Å²) < 4.78 is 0. The van der Waals surface area contributed by atoms with Crippen molar-refractivity contribution < 1.29 is 19.4 Å². The van der Waals surface area contributed by atoms with Gasteiger partial charge in [-0.05, 0) is 18.2 Å². The molecule has 140 valence electrons. The average Bonchev–Trinajstić information content (AvgIpc) is 2.97. The minimum absolute atomic E-state index is 0.0937. The van der Waals surface area contributed by atoms with Crippen LogP contribution >= 0.6 is 11.6 Å². The van der Waals surface area contributed by atoms with Crippen LogP contribution in [0.4, 0.5) is 5.69 Å². The van der Waals surface area contributed by atoms with Crippen LogP contribution in [0.25, 0.3) is 0 Å². The highest BCUT2D eigenvalue weighted by atomic mass is 35.5. The highest BCUT2D eigenvalue weighted by Gasteiger charge is 2.46. The number of piperazine rings is 1. The van der Waals surface area contributed by atoms with Crippen LogP contribution in [0.1, 0.15) is 12.0 Å². The predicted molar refractivity (Wildman–Crippen MR) is 104 cm³/mol. The first-order chi connectivity index (χ1) is 13.1. The van der Waals surface area contributed by atoms with Gasteiger partial charge in [0.1, 0.15) is 32.7 Å². The molecule has 2 saturated heterocycles. The molecule has 0 radical (unpaired) electrons. The minimum Gasteiger partial charge on any atom is -0.322 e. The number of quaternary nitrogens is 2. The third-order valence-corrected chi connectivity index (χ3v) is 5.84. The Morgan fingerprint density at radius 2 is 1.70 bits per heavy atom. The second kappa shape index (κ2) is 7.80. The zero-order valence-electron chi connectivity index (χ0n) is 15.2. The van der Waals surface area contributed by atoms with Crippen molar-refractivity contribution in [3.8, 4) is 0 Å². The molecule has 0 bridgehead atoms. The fraction of sp³-hybridized carbons (Fsp3) is 0.333. The topological polar surface area (TPSA) is 46.3 Å². The number of hydrogen-bond acceptors (Lipinski definition) is 2. The average molecular weight is 386 g/mol. The van der Waals surface area contributed by atoms with E-state index >= 15 is 0 Å². The molecule has 0 aliphatic carbocycles. The number of imide groups is 1. The molecule has 0 spiro atoms. The van der Waals surface area contributed by atoms with Crippen LogP contribution in [0.3, 0.4) is 0 Å². The van der Waals surface area contributed by atoms with Gasteiger partial charge < -0.3 is 9.80 Å². The standard InChI is InChI=1S/C21H22ClN3O2/c22-17-7-4-8-18(13-17)25-20(26)14-19(21(25)27)24-11-9-23(10-12-24)15-16-5-2-1-3-6-16/h1-8,13,19H,9-12,14-15H2/p+2/t19-/m0/s1. The van der Waals surface area contributed by atoms with Crippen molar-refractivity contribution in [3.05, 3.63) is 65.2 Å². The van der Waals surface area contributed by atoms with Crippen molar-refractivity contribution in [1.82, 2.24) is 0 Å². The van der Waals surface area contributed by atoms with Gasteiger partial charge >= 0.3 is 0 Å². The maximum atomic E-state index is 12.9. The number of benzene rings is 2. The molecule has 0 unspecified atom stereocenters. The van der Waals surface area contributed by atoms with E-state index in [1.807, 2.05) is 6.07 Å². The maximum absolute atomic E-state index is 12.9. The first kappa shape index (κ1) is 18.2. The van der Waals surface area contributed by atoms with E-state index in [-0.39, 0.29) is 24.3 Å². The quantitative estimate of drug-likeness (QED) is 0.725. The molecule has 2 amide bonds. The molecule has 2 fully saturated rings. The SMILES string of the molecule is O=C1C[C@H]([NH+]2CC[NH+](Cc3ccccc3)CC2)C(=O)N1c1cccc(Cl)c1. The van der Waals surface area contributed by atoms with E-state index in [0.717, 1.165) is 32.7 Å². The molecule has 6 heteroatoms. The Balaban J connectivity index is 1.39. The number of halogens is 1. The summed E-state index contributed by atoms with van der Waals surface area (Å²) in [6, 6.07) is 17.2. The van der Waals surface area contributed by atoms with Gasteiger partial charge in [0.15, 0.2) is 6.04 Å². The molecule has 0 aromatic heterocycles. The van der Waals surface area contributed by atoms with Gasteiger partial charge in [0.25, 0.3) is 5.91 Å². The smallest absolute Gasteiger partial charge is 0.292 e. The van der Waals surface area contributed by atoms with E-state index in [0.29, 0.717) is 10.7 Å². The highest BCUT2D eigenvalue weighted by molar-refractivity contribution is 6.31. The fourth-order valence-corrected chi connectivity index (χ4v) is 4.36. The van der Waals surface area contributed by atoms with Gasteiger partial charge in [-0.3, -0.25) is 9.59 Å². The summed E-state index contributed by atoms with van der Waals surface area (Å²) in [6.45, 7) is 4.86. The molecule has 2 aliphatic rings. The fourth-order valence-electron chi connectivity index (χ4n) is 4.17. The van der Waals surface area contributed by atoms with Crippen molar-refractivity contribution in [1.29, 1.82) is 0 Å². The lowest BCUT2D eigenvalue weighted by atomic mass is 10.1. The van der Waals surface area contributed by atoms with Crippen LogP contribution in [-0.2, 0) is 16.1 Å². The normalized spacial score (nSPS) is 25.8. The molecule has 5 nitrogen and oxygen atoms in total. The Morgan fingerprint density at radius 1 is 0.963 bits per heavy atom. The molecular formula is C21H24ClN3O2+2. The molecular weight excluding hydrogens is 362 g/mol. The van der Waals surface area contributed by atoms with Crippen molar-refractivity contribution in [3.63, 3.8) is 0 Å². The molecule has 2 heterocycles. The number of rotatable bonds is 4. The van der Waals surface area contributed by atoms with Crippen LogP contribution < -0.4 is 14.7 Å². The molecule has 27 heavy (non-hydrogen) atoms. The molecule has 2 aromatic rings. The van der Waals surface area contributed by atoms with Gasteiger partial charge in [-0.1, -0.05) is 48.0 Å². The van der Waals surface area contributed by atoms with E-state index < -0.39 is 0 Å². The Labute approximate surface area is 164 Å². The van der Waals surface area contributed by atoms with Crippen LogP contribution in [-0.4, -0.2) is 44.0 Å². The van der Waals surface area contributed by atoms with Crippen LogP contribution in [0, 0.1) is 0 Å². The second-order valence-corrected chi connectivity index (χ2v) is 7.81. The first-order valence-corrected chi connectivity index (χ1v) is 9.84. The number of nitrogens with zero attached hydrogens (tertiary/aromatic N) is 1. The van der Waals surface area contributed by atoms with Gasteiger partial charge in [0.2, 0.25) is 5.91 Å². The Hall–Kier alpha value is -2.21. The van der Waals surface area contributed by atoms with Gasteiger partial charge in [0.05, 0.1) is 12.1 Å². The monoisotopic (exact) mass is 385 g/mol. The van der Waals surface area contributed by atoms with Crippen LogP contribution in [0.2, 0.25) is 5.02 Å². The first-order valence-electron chi connectivity index (χ1n) is 9.46. The van der Waals surface area contributed by atoms with E-state index in [1.165, 1.54) is 20.3 Å². The number of nitrogens with one attached hydrogen (secondary N) is 2. The molecule has 2 aliphatic heterocycles. The van der Waals surface area contributed by atoms with E-state index in [1.54, 1.807) is 24.3 Å². The largest absolute Gasteiger partial charge is 0.322 e. The number of amides is 2. The van der Waals surface area contributed by atoms with Gasteiger partial charge in [-0.2, -0.15) is 0 Å². The molecule has 0 saturated carbocycles. The van der Waals surface area contributed by atoms with Crippen molar-refractivity contribution >= 4 is 29.1 Å². The number of carbonyl (C=O) groups excluding carboxylic acids is 2. The Kier molecular flexibility index (Phi) is 5.25. The number of hydrogen-bond donors (Lipinski definition) is 2. The lowest BCUT2D eigenvalue weighted by Gasteiger charge is -2.32. The predicted octanol–water partition coefficient (Wildman–Crippen LogP) is -0.0445. The van der Waals surface area contributed by atoms with E-state index in [9.17, 15) is 9.59 Å². The minimum atomic E-state index is -0.269. The summed E-state index contributed by atoms with van der Waals surface area (Å²) in [5.74, 6) is -0.220. The summed E-state index contributed by atoms with van der Waals surface area (Å²) in [5.41, 5.74) is 1.92. The summed E-state index contributed by atoms with van der Waals surface area (Å²) in [6.07, 6.45) is 0.286. The second-order valence-electron chi connectivity index (χ2n) is 7.37. The lowest BCUT2D eigenvalue weighted by molar-refractivity contribution is -1.02. The third-order valence-electron chi connectivity index (χ3n) is 5.60. The summed E-state index contributed by atoms with van der Waals surface area (Å²) in [7, 11) is 0.